The molecule has 2 aromatic heterocycles. The summed E-state index contributed by atoms with van der Waals surface area (Å²) in [6.45, 7) is 1.45. The van der Waals surface area contributed by atoms with Crippen molar-refractivity contribution >= 4 is 148 Å². The van der Waals surface area contributed by atoms with Crippen LogP contribution in [0.1, 0.15) is 12.0 Å². The molecule has 456 valence electrons. The number of fused-ring (bicyclic) bond motifs is 3. The first-order valence-electron chi connectivity index (χ1n) is 23.1. The van der Waals surface area contributed by atoms with Gasteiger partial charge in [0, 0.05) is 33.2 Å². The number of hydrogen-bond donors (Lipinski definition) is 7. The Balaban J connectivity index is 0.00000127. The summed E-state index contributed by atoms with van der Waals surface area (Å²) in [5.74, 6) is -2.24. The van der Waals surface area contributed by atoms with Crippen LogP contribution in [-0.4, -0.2) is 127 Å². The predicted octanol–water partition coefficient (Wildman–Crippen LogP) is 8.06. The van der Waals surface area contributed by atoms with Gasteiger partial charge >= 0.3 is 21.2 Å². The summed E-state index contributed by atoms with van der Waals surface area (Å²) in [5, 5.41) is 50.8. The highest BCUT2D eigenvalue weighted by Gasteiger charge is 2.29. The molecule has 0 aliphatic heterocycles. The maximum atomic E-state index is 13.2. The lowest BCUT2D eigenvalue weighted by atomic mass is 10.1. The number of nitrogens with zero attached hydrogens (tertiary/aromatic N) is 9. The number of azo groups is 3. The van der Waals surface area contributed by atoms with Crippen molar-refractivity contribution in [1.29, 1.82) is 0 Å². The van der Waals surface area contributed by atoms with Crippen LogP contribution in [0.2, 0.25) is 0 Å². The summed E-state index contributed by atoms with van der Waals surface area (Å²) in [7, 11) is -32.0. The zero-order chi connectivity index (χ0) is 64.1. The van der Waals surface area contributed by atoms with Crippen LogP contribution in [0.25, 0.3) is 48.7 Å². The van der Waals surface area contributed by atoms with Gasteiger partial charge in [0.1, 0.15) is 43.2 Å². The molecule has 7 aromatic carbocycles. The quantitative estimate of drug-likeness (QED) is 0.0257. The van der Waals surface area contributed by atoms with E-state index >= 15 is 0 Å². The highest BCUT2D eigenvalue weighted by Crippen LogP contribution is 2.46. The molecule has 0 bridgehead atoms. The summed E-state index contributed by atoms with van der Waals surface area (Å²) in [6.07, 6.45) is -0.130. The average molecular weight is 1350 g/mol. The first-order chi connectivity index (χ1) is 40.5. The molecule has 0 aliphatic carbocycles. The van der Waals surface area contributed by atoms with E-state index in [0.29, 0.717) is 44.8 Å². The first kappa shape index (κ1) is 65.7. The Hall–Kier alpha value is -8.85. The van der Waals surface area contributed by atoms with Gasteiger partial charge < -0.3 is 14.9 Å². The summed E-state index contributed by atoms with van der Waals surface area (Å²) < 4.78 is 232. The molecule has 87 heavy (non-hydrogen) atoms. The molecule has 2 heterocycles. The van der Waals surface area contributed by atoms with E-state index in [1.165, 1.54) is 53.8 Å². The molecule has 0 spiro atoms. The largest absolute Gasteiger partial charge is 0.505 e. The van der Waals surface area contributed by atoms with Crippen molar-refractivity contribution in [3.63, 3.8) is 0 Å². The number of para-hydroxylation sites is 1. The highest BCUT2D eigenvalue weighted by atomic mass is 32.2. The molecule has 41 heteroatoms. The first-order valence-corrected chi connectivity index (χ1v) is 33.3. The van der Waals surface area contributed by atoms with E-state index in [1.54, 1.807) is 13.0 Å². The Morgan fingerprint density at radius 1 is 0.563 bits per heavy atom. The van der Waals surface area contributed by atoms with Crippen LogP contribution in [0.4, 0.5) is 33.6 Å². The van der Waals surface area contributed by atoms with Crippen molar-refractivity contribution in [2.75, 3.05) is 12.4 Å². The number of aromatic nitrogens is 3. The van der Waals surface area contributed by atoms with E-state index in [9.17, 15) is 75.1 Å². The normalized spacial score (nSPS) is 12.4. The second kappa shape index (κ2) is 26.0. The number of phenolic OH excluding ortho intramolecular Hbond substituents is 1. The Bertz CT molecular complexity index is 5130. The molecule has 0 radical (unpaired) electrons. The minimum Gasteiger partial charge on any atom is -0.505 e. The number of hydrogen-bond acceptors (Lipinski definition) is 28. The van der Waals surface area contributed by atoms with Crippen molar-refractivity contribution in [2.24, 2.45) is 30.7 Å². The molecule has 9 rings (SSSR count). The number of ether oxygens (including phenoxy) is 1. The van der Waals surface area contributed by atoms with Gasteiger partial charge in [-0.15, -0.1) is 55.9 Å². The Morgan fingerprint density at radius 3 is 1.74 bits per heavy atom. The van der Waals surface area contributed by atoms with Gasteiger partial charge in [0.15, 0.2) is 11.4 Å². The molecule has 0 saturated carbocycles. The standard InChI is InChI=1S/C46H35N9O18S6.2O3S/c1-24-18-36(37(73-16-7-17-75(58,59)60)23-35(24)50-53-46-47-32-10-5-6-11-38(32)74-46)51-48-33-14-13-29-28(43(33)56)12-15-34(44(29)79(70,71)72)49-52-42-41(25-8-3-2-4-9-25)54-55(45(42)57)26-19-30-31(39(20-26)77(64,65)66)21-27(76(61,62)63)22-40(30)78(67,68)69;2*1-4(2)3/h2-6,8-15,18-23,56-57H,7,16-17H2,1H3,(H,58,59,60)(H,61,62,63)(H,64,65,66)(H,67,68,69)(H,70,71,72);;. The van der Waals surface area contributed by atoms with Crippen molar-refractivity contribution < 1.29 is 105 Å². The SMILES string of the molecule is Cc1cc(N=Nc2ccc3c(S(=O)(=O)O)c(N=Nc4c(-c5ccccc5)nn(-c5cc(S(=O)(=O)O)c6cc(S(=O)(=O)O)cc(S(=O)(=O)O)c6c5)c4O)ccc3c2O)c(OCCCS(=O)(=O)O)cc1N=Nc1nc2ccccc2s1.O=S(=O)=O.O=S(=O)=O. The van der Waals surface area contributed by atoms with E-state index in [-0.39, 0.29) is 52.2 Å². The molecule has 0 atom stereocenters. The van der Waals surface area contributed by atoms with Gasteiger partial charge in [-0.1, -0.05) is 59.9 Å². The monoisotopic (exact) mass is 1350 g/mol. The third-order valence-electron chi connectivity index (χ3n) is 11.4. The fraction of sp³-hybridized carbons (Fsp3) is 0.0870. The fourth-order valence-electron chi connectivity index (χ4n) is 7.89. The zero-order valence-electron chi connectivity index (χ0n) is 43.0. The minimum absolute atomic E-state index is 0.0298. The fourth-order valence-corrected chi connectivity index (χ4v) is 12.0. The van der Waals surface area contributed by atoms with E-state index < -0.39 is 137 Å². The Kier molecular flexibility index (Phi) is 19.6. The minimum atomic E-state index is -5.45. The lowest BCUT2D eigenvalue weighted by Gasteiger charge is -2.13. The van der Waals surface area contributed by atoms with Gasteiger partial charge in [-0.05, 0) is 79.6 Å². The molecule has 0 amide bonds. The van der Waals surface area contributed by atoms with Crippen molar-refractivity contribution in [3.8, 4) is 34.3 Å². The Morgan fingerprint density at radius 2 is 1.13 bits per heavy atom. The summed E-state index contributed by atoms with van der Waals surface area (Å²) in [6, 6.07) is 24.7. The molecule has 0 saturated heterocycles. The van der Waals surface area contributed by atoms with Gasteiger partial charge in [0.05, 0.1) is 38.8 Å². The van der Waals surface area contributed by atoms with Crippen LogP contribution >= 0.6 is 11.3 Å². The molecule has 0 aliphatic rings. The third-order valence-corrected chi connectivity index (χ3v) is 16.7. The van der Waals surface area contributed by atoms with E-state index in [0.717, 1.165) is 29.0 Å². The third kappa shape index (κ3) is 16.4. The maximum Gasteiger partial charge on any atom is 0.425 e. The van der Waals surface area contributed by atoms with Crippen LogP contribution < -0.4 is 4.74 Å². The van der Waals surface area contributed by atoms with Crippen LogP contribution in [0.3, 0.4) is 0 Å². The average Bonchev–Trinajstić information content (AvgIpc) is 1.57. The van der Waals surface area contributed by atoms with Crippen molar-refractivity contribution in [2.45, 2.75) is 32.9 Å². The second-order valence-electron chi connectivity index (χ2n) is 17.2. The van der Waals surface area contributed by atoms with Gasteiger partial charge in [0.2, 0.25) is 11.0 Å². The number of phenols is 1. The zero-order valence-corrected chi connectivity index (χ0v) is 49.5. The smallest absolute Gasteiger partial charge is 0.425 e. The van der Waals surface area contributed by atoms with Gasteiger partial charge in [-0.25, -0.2) is 4.98 Å². The summed E-state index contributed by atoms with van der Waals surface area (Å²) >= 11 is 1.30. The maximum absolute atomic E-state index is 13.2. The molecular formula is C46H35N9O24S8. The summed E-state index contributed by atoms with van der Waals surface area (Å²) in [5.41, 5.74) is -0.448. The van der Waals surface area contributed by atoms with E-state index in [2.05, 4.69) is 40.8 Å². The van der Waals surface area contributed by atoms with Gasteiger partial charge in [-0.2, -0.15) is 51.9 Å². The molecule has 33 nitrogen and oxygen atoms in total. The van der Waals surface area contributed by atoms with Crippen LogP contribution in [-0.2, 0) is 71.8 Å². The topological polar surface area (TPSA) is 529 Å². The van der Waals surface area contributed by atoms with Crippen LogP contribution in [0, 0.1) is 6.92 Å². The molecule has 0 unspecified atom stereocenters. The second-order valence-corrected chi connectivity index (χ2v) is 26.1. The van der Waals surface area contributed by atoms with Crippen molar-refractivity contribution in [1.82, 2.24) is 14.8 Å². The van der Waals surface area contributed by atoms with Gasteiger partial charge in [0.25, 0.3) is 50.6 Å². The van der Waals surface area contributed by atoms with E-state index in [4.69, 9.17) is 30.0 Å². The number of aromatic hydroxyl groups is 2. The molecule has 0 fully saturated rings. The number of aryl methyl sites for hydroxylation is 1. The number of benzene rings is 7. The van der Waals surface area contributed by atoms with Gasteiger partial charge in [-0.3, -0.25) is 22.8 Å². The van der Waals surface area contributed by atoms with Crippen LogP contribution in [0.5, 0.6) is 17.4 Å². The lowest BCUT2D eigenvalue weighted by Crippen LogP contribution is -2.08. The van der Waals surface area contributed by atoms with E-state index in [1.807, 2.05) is 24.3 Å². The lowest BCUT2D eigenvalue weighted by molar-refractivity contribution is 0.317. The predicted molar refractivity (Wildman–Crippen MR) is 302 cm³/mol. The number of rotatable bonds is 17. The molecule has 9 aromatic rings. The van der Waals surface area contributed by atoms with Crippen LogP contribution in [0.15, 0.2) is 166 Å². The van der Waals surface area contributed by atoms with Crippen molar-refractivity contribution in [3.05, 3.63) is 121 Å². The molecular weight excluding hydrogens is 1320 g/mol. The highest BCUT2D eigenvalue weighted by molar-refractivity contribution is 7.87. The number of thiazole rings is 1. The Labute approximate surface area is 496 Å². The summed E-state index contributed by atoms with van der Waals surface area (Å²) in [4.78, 5) is -0.112. The molecule has 7 N–H and O–H groups in total.